The van der Waals surface area contributed by atoms with Crippen molar-refractivity contribution >= 4 is 23.5 Å². The number of carbonyl (C=O) groups excluding carboxylic acids is 1. The van der Waals surface area contributed by atoms with Gasteiger partial charge in [-0.05, 0) is 70.4 Å². The van der Waals surface area contributed by atoms with Crippen LogP contribution in [0.15, 0.2) is 78.9 Å². The molecule has 3 N–H and O–H groups in total. The van der Waals surface area contributed by atoms with Crippen LogP contribution in [0, 0.1) is 0 Å². The molecule has 0 saturated heterocycles. The Balaban J connectivity index is 1.74. The zero-order valence-corrected chi connectivity index (χ0v) is 20.4. The molecule has 0 atom stereocenters. The van der Waals surface area contributed by atoms with E-state index in [-0.39, 0.29) is 6.03 Å². The zero-order chi connectivity index (χ0) is 24.9. The highest BCUT2D eigenvalue weighted by Gasteiger charge is 2.38. The van der Waals surface area contributed by atoms with Crippen LogP contribution < -0.4 is 10.6 Å². The maximum Gasteiger partial charge on any atom is 0.408 e. The van der Waals surface area contributed by atoms with Crippen LogP contribution >= 0.6 is 0 Å². The van der Waals surface area contributed by atoms with Crippen molar-refractivity contribution < 1.29 is 14.7 Å². The molecule has 3 aromatic carbocycles. The minimum atomic E-state index is -0.955. The van der Waals surface area contributed by atoms with Crippen molar-refractivity contribution in [3.05, 3.63) is 84.4 Å². The lowest BCUT2D eigenvalue weighted by Gasteiger charge is -2.45. The number of anilines is 2. The number of hydrogen-bond acceptors (Lipinski definition) is 2. The second-order valence-corrected chi connectivity index (χ2v) is 9.97. The molecular weight excluding hydrogens is 426 g/mol. The second-order valence-electron chi connectivity index (χ2n) is 9.97. The van der Waals surface area contributed by atoms with E-state index in [0.717, 1.165) is 16.7 Å². The highest BCUT2D eigenvalue weighted by molar-refractivity contribution is 6.02. The van der Waals surface area contributed by atoms with Crippen LogP contribution in [0.4, 0.5) is 21.0 Å². The number of para-hydroxylation sites is 1. The number of rotatable bonds is 6. The summed E-state index contributed by atoms with van der Waals surface area (Å²) in [6.45, 7) is 9.49. The first-order valence-electron chi connectivity index (χ1n) is 11.3. The molecule has 0 heterocycles. The first-order valence-corrected chi connectivity index (χ1v) is 11.3. The van der Waals surface area contributed by atoms with Gasteiger partial charge in [0.1, 0.15) is 0 Å². The summed E-state index contributed by atoms with van der Waals surface area (Å²) in [6.07, 6.45) is -0.451. The molecule has 3 aromatic rings. The fourth-order valence-electron chi connectivity index (χ4n) is 4.54. The van der Waals surface area contributed by atoms with Gasteiger partial charge in [0, 0.05) is 22.3 Å². The van der Waals surface area contributed by atoms with E-state index in [1.54, 1.807) is 0 Å². The van der Waals surface area contributed by atoms with Gasteiger partial charge in [0.15, 0.2) is 0 Å². The fourth-order valence-corrected chi connectivity index (χ4v) is 4.54. The molecule has 6 heteroatoms. The van der Waals surface area contributed by atoms with Crippen LogP contribution in [0.5, 0.6) is 0 Å². The van der Waals surface area contributed by atoms with E-state index in [1.165, 1.54) is 4.90 Å². The van der Waals surface area contributed by atoms with Gasteiger partial charge in [-0.3, -0.25) is 4.90 Å². The number of urea groups is 1. The van der Waals surface area contributed by atoms with Crippen molar-refractivity contribution in [2.75, 3.05) is 10.6 Å². The van der Waals surface area contributed by atoms with E-state index in [9.17, 15) is 14.7 Å². The van der Waals surface area contributed by atoms with Crippen LogP contribution in [0.25, 0.3) is 11.1 Å². The number of nitrogens with zero attached hydrogens (tertiary/aromatic N) is 1. The average molecular weight is 460 g/mol. The number of carbonyl (C=O) groups is 2. The van der Waals surface area contributed by atoms with Crippen molar-refractivity contribution in [2.45, 2.75) is 52.1 Å². The van der Waals surface area contributed by atoms with Gasteiger partial charge < -0.3 is 15.7 Å². The normalized spacial score (nSPS) is 11.6. The van der Waals surface area contributed by atoms with Crippen molar-refractivity contribution in [1.82, 2.24) is 4.90 Å². The van der Waals surface area contributed by atoms with E-state index in [1.807, 2.05) is 113 Å². The SMILES string of the molecule is CC(C)(C)N(C(=O)O)C(C)(C)Cc1cccc(NC(=O)Nc2ccccc2-c2ccccc2)c1. The van der Waals surface area contributed by atoms with Gasteiger partial charge in [-0.2, -0.15) is 0 Å². The van der Waals surface area contributed by atoms with Gasteiger partial charge in [-0.25, -0.2) is 9.59 Å². The van der Waals surface area contributed by atoms with Gasteiger partial charge in [0.05, 0.1) is 5.69 Å². The van der Waals surface area contributed by atoms with Crippen LogP contribution in [-0.4, -0.2) is 33.2 Å². The van der Waals surface area contributed by atoms with Crippen molar-refractivity contribution in [1.29, 1.82) is 0 Å². The molecule has 6 nitrogen and oxygen atoms in total. The summed E-state index contributed by atoms with van der Waals surface area (Å²) in [5.41, 5.74) is 3.06. The van der Waals surface area contributed by atoms with E-state index < -0.39 is 17.2 Å². The maximum atomic E-state index is 12.8. The van der Waals surface area contributed by atoms with Crippen molar-refractivity contribution in [3.63, 3.8) is 0 Å². The van der Waals surface area contributed by atoms with E-state index >= 15 is 0 Å². The Morgan fingerprint density at radius 3 is 2.12 bits per heavy atom. The minimum absolute atomic E-state index is 0.346. The predicted molar refractivity (Wildman–Crippen MR) is 138 cm³/mol. The molecule has 0 spiro atoms. The molecule has 0 radical (unpaired) electrons. The molecule has 0 aliphatic carbocycles. The number of amides is 3. The molecule has 0 unspecified atom stereocenters. The van der Waals surface area contributed by atoms with Gasteiger partial charge >= 0.3 is 12.1 Å². The van der Waals surface area contributed by atoms with Gasteiger partial charge in [-0.15, -0.1) is 0 Å². The Labute approximate surface area is 201 Å². The van der Waals surface area contributed by atoms with Crippen molar-refractivity contribution in [3.8, 4) is 11.1 Å². The maximum absolute atomic E-state index is 12.8. The molecule has 34 heavy (non-hydrogen) atoms. The molecule has 178 valence electrons. The summed E-state index contributed by atoms with van der Waals surface area (Å²) in [5, 5.41) is 15.6. The van der Waals surface area contributed by atoms with Gasteiger partial charge in [0.2, 0.25) is 0 Å². The topological polar surface area (TPSA) is 81.7 Å². The summed E-state index contributed by atoms with van der Waals surface area (Å²) in [5.74, 6) is 0. The van der Waals surface area contributed by atoms with E-state index in [4.69, 9.17) is 0 Å². The number of benzene rings is 3. The molecule has 0 aliphatic rings. The number of nitrogens with one attached hydrogen (secondary N) is 2. The summed E-state index contributed by atoms with van der Waals surface area (Å²) >= 11 is 0. The predicted octanol–water partition coefficient (Wildman–Crippen LogP) is 7.10. The standard InChI is InChI=1S/C28H33N3O3/c1-27(2,3)31(26(33)34)28(4,5)19-20-12-11-15-22(18-20)29-25(32)30-24-17-10-9-16-23(24)21-13-7-6-8-14-21/h6-18H,19H2,1-5H3,(H,33,34)(H2,29,30,32). The molecule has 0 bridgehead atoms. The Hall–Kier alpha value is -3.80. The third kappa shape index (κ3) is 6.16. The van der Waals surface area contributed by atoms with Gasteiger partial charge in [0.25, 0.3) is 0 Å². The highest BCUT2D eigenvalue weighted by atomic mass is 16.4. The van der Waals surface area contributed by atoms with Crippen LogP contribution in [0.1, 0.15) is 40.2 Å². The molecule has 0 saturated carbocycles. The molecule has 0 fully saturated rings. The third-order valence-electron chi connectivity index (χ3n) is 5.55. The lowest BCUT2D eigenvalue weighted by atomic mass is 9.89. The lowest BCUT2D eigenvalue weighted by Crippen LogP contribution is -2.57. The Morgan fingerprint density at radius 2 is 1.47 bits per heavy atom. The Kier molecular flexibility index (Phi) is 7.30. The van der Waals surface area contributed by atoms with E-state index in [0.29, 0.717) is 17.8 Å². The minimum Gasteiger partial charge on any atom is -0.465 e. The zero-order valence-electron chi connectivity index (χ0n) is 20.4. The van der Waals surface area contributed by atoms with E-state index in [2.05, 4.69) is 10.6 Å². The molecular formula is C28H33N3O3. The van der Waals surface area contributed by atoms with Gasteiger partial charge in [-0.1, -0.05) is 60.7 Å². The summed E-state index contributed by atoms with van der Waals surface area (Å²) in [7, 11) is 0. The molecule has 3 amide bonds. The quantitative estimate of drug-likeness (QED) is 0.368. The summed E-state index contributed by atoms with van der Waals surface area (Å²) in [4.78, 5) is 26.2. The summed E-state index contributed by atoms with van der Waals surface area (Å²) < 4.78 is 0. The smallest absolute Gasteiger partial charge is 0.408 e. The summed E-state index contributed by atoms with van der Waals surface area (Å²) in [6, 6.07) is 24.7. The number of hydrogen-bond donors (Lipinski definition) is 3. The average Bonchev–Trinajstić information content (AvgIpc) is 2.73. The lowest BCUT2D eigenvalue weighted by molar-refractivity contribution is 0.0334. The largest absolute Gasteiger partial charge is 0.465 e. The first-order chi connectivity index (χ1) is 16.0. The first kappa shape index (κ1) is 24.8. The highest BCUT2D eigenvalue weighted by Crippen LogP contribution is 2.30. The molecule has 0 aromatic heterocycles. The van der Waals surface area contributed by atoms with Crippen LogP contribution in [-0.2, 0) is 6.42 Å². The molecule has 3 rings (SSSR count). The van der Waals surface area contributed by atoms with Crippen molar-refractivity contribution in [2.24, 2.45) is 0 Å². The Morgan fingerprint density at radius 1 is 0.824 bits per heavy atom. The monoisotopic (exact) mass is 459 g/mol. The third-order valence-corrected chi connectivity index (χ3v) is 5.55. The molecule has 0 aliphatic heterocycles. The Bertz CT molecular complexity index is 1150. The number of carboxylic acid groups (broad SMARTS) is 1. The second kappa shape index (κ2) is 10.00. The fraction of sp³-hybridized carbons (Fsp3) is 0.286. The van der Waals surface area contributed by atoms with Crippen LogP contribution in [0.3, 0.4) is 0 Å². The van der Waals surface area contributed by atoms with Crippen LogP contribution in [0.2, 0.25) is 0 Å².